The molecule has 3 N–H and O–H groups in total. The van der Waals surface area contributed by atoms with Gasteiger partial charge in [0.05, 0.1) is 12.8 Å². The summed E-state index contributed by atoms with van der Waals surface area (Å²) in [5.74, 6) is -1.30. The molecule has 29 heavy (non-hydrogen) atoms. The Balaban J connectivity index is 1.42. The van der Waals surface area contributed by atoms with E-state index in [0.717, 1.165) is 11.8 Å². The molecule has 2 aromatic rings. The van der Waals surface area contributed by atoms with Crippen LogP contribution in [0, 0.1) is 11.2 Å². The quantitative estimate of drug-likeness (QED) is 0.803. The van der Waals surface area contributed by atoms with Gasteiger partial charge in [0.2, 0.25) is 0 Å². The number of hydrogen-bond donors (Lipinski definition) is 2. The van der Waals surface area contributed by atoms with E-state index in [2.05, 4.69) is 15.3 Å². The highest BCUT2D eigenvalue weighted by molar-refractivity contribution is 6.03. The number of amidine groups is 1. The molecular formula is C20H17FN4O4. The summed E-state index contributed by atoms with van der Waals surface area (Å²) in [4.78, 5) is 20.9. The highest BCUT2D eigenvalue weighted by atomic mass is 19.1. The molecule has 3 aliphatic heterocycles. The number of amides is 1. The SMILES string of the molecule is CC1(C)Oc2ccc(NC(=O)c3ccc(F)cn3)cc2C23N=C(N)OC24OCC143. The monoisotopic (exact) mass is 396 g/mol. The molecule has 1 saturated carbocycles. The molecule has 2 fully saturated rings. The van der Waals surface area contributed by atoms with Crippen LogP contribution in [0.1, 0.15) is 29.9 Å². The number of halogens is 1. The summed E-state index contributed by atoms with van der Waals surface area (Å²) in [6, 6.07) is 7.89. The maximum atomic E-state index is 13.1. The first-order valence-corrected chi connectivity index (χ1v) is 9.21. The van der Waals surface area contributed by atoms with Gasteiger partial charge in [-0.3, -0.25) is 4.79 Å². The van der Waals surface area contributed by atoms with Gasteiger partial charge in [-0.05, 0) is 44.2 Å². The minimum atomic E-state index is -0.972. The number of nitrogens with zero attached hydrogens (tertiary/aromatic N) is 2. The van der Waals surface area contributed by atoms with Crippen molar-refractivity contribution < 1.29 is 23.4 Å². The Morgan fingerprint density at radius 2 is 2.07 bits per heavy atom. The Morgan fingerprint density at radius 1 is 1.24 bits per heavy atom. The molecule has 0 bridgehead atoms. The topological polar surface area (TPSA) is 108 Å². The van der Waals surface area contributed by atoms with Gasteiger partial charge in [0.1, 0.15) is 28.3 Å². The maximum absolute atomic E-state index is 13.1. The number of nitrogens with two attached hydrogens (primary N) is 1. The zero-order valence-corrected chi connectivity index (χ0v) is 15.7. The zero-order valence-electron chi connectivity index (χ0n) is 15.7. The number of pyridine rings is 1. The van der Waals surface area contributed by atoms with Crippen molar-refractivity contribution in [2.24, 2.45) is 16.1 Å². The molecule has 1 aliphatic carbocycles. The predicted molar refractivity (Wildman–Crippen MR) is 98.8 cm³/mol. The number of aliphatic imine (C=N–C) groups is 1. The van der Waals surface area contributed by atoms with Crippen LogP contribution in [-0.4, -0.2) is 34.9 Å². The van der Waals surface area contributed by atoms with Gasteiger partial charge in [0, 0.05) is 11.3 Å². The van der Waals surface area contributed by atoms with Crippen LogP contribution in [0.3, 0.4) is 0 Å². The molecule has 1 amide bonds. The third kappa shape index (κ3) is 1.60. The van der Waals surface area contributed by atoms with E-state index in [1.165, 1.54) is 12.1 Å². The summed E-state index contributed by atoms with van der Waals surface area (Å²) >= 11 is 0. The van der Waals surface area contributed by atoms with E-state index in [1.54, 1.807) is 18.2 Å². The Bertz CT molecular complexity index is 1130. The van der Waals surface area contributed by atoms with E-state index in [-0.39, 0.29) is 11.7 Å². The first kappa shape index (κ1) is 16.7. The fraction of sp³-hybridized carbons (Fsp3) is 0.350. The maximum Gasteiger partial charge on any atom is 0.285 e. The molecule has 1 saturated heterocycles. The summed E-state index contributed by atoms with van der Waals surface area (Å²) in [7, 11) is 0. The molecule has 4 heterocycles. The van der Waals surface area contributed by atoms with Crippen molar-refractivity contribution in [3.8, 4) is 5.75 Å². The van der Waals surface area contributed by atoms with Crippen molar-refractivity contribution in [2.75, 3.05) is 11.9 Å². The lowest BCUT2D eigenvalue weighted by atomic mass is 9.77. The van der Waals surface area contributed by atoms with Gasteiger partial charge >= 0.3 is 0 Å². The number of nitrogens with one attached hydrogen (secondary N) is 1. The fourth-order valence-electron chi connectivity index (χ4n) is 5.32. The van der Waals surface area contributed by atoms with Crippen molar-refractivity contribution in [3.05, 3.63) is 53.6 Å². The molecule has 9 heteroatoms. The molecule has 3 spiro atoms. The summed E-state index contributed by atoms with van der Waals surface area (Å²) in [5.41, 5.74) is 5.39. The van der Waals surface area contributed by atoms with Gasteiger partial charge in [-0.25, -0.2) is 14.4 Å². The summed E-state index contributed by atoms with van der Waals surface area (Å²) in [6.07, 6.45) is 0.997. The second-order valence-electron chi connectivity index (χ2n) is 8.21. The molecular weight excluding hydrogens is 379 g/mol. The lowest BCUT2D eigenvalue weighted by Gasteiger charge is -2.45. The first-order valence-electron chi connectivity index (χ1n) is 9.21. The number of anilines is 1. The number of aromatic nitrogens is 1. The van der Waals surface area contributed by atoms with Crippen LogP contribution in [0.25, 0.3) is 0 Å². The lowest BCUT2D eigenvalue weighted by molar-refractivity contribution is -0.263. The third-order valence-corrected chi connectivity index (χ3v) is 6.59. The first-order chi connectivity index (χ1) is 13.8. The van der Waals surface area contributed by atoms with E-state index in [1.807, 2.05) is 13.8 Å². The van der Waals surface area contributed by atoms with Crippen LogP contribution in [0.4, 0.5) is 10.1 Å². The van der Waals surface area contributed by atoms with E-state index in [9.17, 15) is 9.18 Å². The summed E-state index contributed by atoms with van der Waals surface area (Å²) in [6.45, 7) is 4.42. The Kier molecular flexibility index (Phi) is 2.70. The standard InChI is InChI=1S/C20H17FN4O4/c1-17(2)18-9-27-20(18)19(18,25-16(22)29-20)12-7-11(4-6-14(12)28-17)24-15(26)13-5-3-10(21)8-23-13/h3-8H,9H2,1-2H3,(H2,22,25)(H,24,26). The van der Waals surface area contributed by atoms with E-state index >= 15 is 0 Å². The van der Waals surface area contributed by atoms with Gasteiger partial charge in [-0.15, -0.1) is 0 Å². The molecule has 1 aromatic carbocycles. The molecule has 1 aromatic heterocycles. The van der Waals surface area contributed by atoms with Crippen LogP contribution in [-0.2, 0) is 15.0 Å². The number of carbonyl (C=O) groups is 1. The molecule has 4 aliphatic rings. The van der Waals surface area contributed by atoms with Crippen molar-refractivity contribution in [3.63, 3.8) is 0 Å². The number of rotatable bonds is 2. The van der Waals surface area contributed by atoms with E-state index in [4.69, 9.17) is 19.9 Å². The molecule has 6 rings (SSSR count). The van der Waals surface area contributed by atoms with Gasteiger partial charge in [-0.1, -0.05) is 0 Å². The predicted octanol–water partition coefficient (Wildman–Crippen LogP) is 1.91. The lowest BCUT2D eigenvalue weighted by Crippen LogP contribution is -2.58. The molecule has 3 atom stereocenters. The van der Waals surface area contributed by atoms with Gasteiger partial charge < -0.3 is 25.3 Å². The minimum Gasteiger partial charge on any atom is -0.486 e. The van der Waals surface area contributed by atoms with Gasteiger partial charge in [0.15, 0.2) is 5.54 Å². The highest BCUT2D eigenvalue weighted by Crippen LogP contribution is 2.89. The third-order valence-electron chi connectivity index (χ3n) is 6.59. The van der Waals surface area contributed by atoms with Crippen LogP contribution in [0.15, 0.2) is 41.5 Å². The van der Waals surface area contributed by atoms with Crippen LogP contribution in [0.2, 0.25) is 0 Å². The summed E-state index contributed by atoms with van der Waals surface area (Å²) < 4.78 is 31.1. The van der Waals surface area contributed by atoms with Crippen molar-refractivity contribution >= 4 is 17.6 Å². The Hall–Kier alpha value is -3.20. The second-order valence-corrected chi connectivity index (χ2v) is 8.21. The highest BCUT2D eigenvalue weighted by Gasteiger charge is 3.06. The van der Waals surface area contributed by atoms with Crippen LogP contribution >= 0.6 is 0 Å². The molecule has 0 radical (unpaired) electrons. The number of ether oxygens (including phenoxy) is 3. The normalized spacial score (nSPS) is 34.1. The molecule has 148 valence electrons. The van der Waals surface area contributed by atoms with Gasteiger partial charge in [0.25, 0.3) is 17.7 Å². The Labute approximate surface area is 164 Å². The number of benzene rings is 1. The average Bonchev–Trinajstić information content (AvgIpc) is 2.86. The van der Waals surface area contributed by atoms with Gasteiger partial charge in [-0.2, -0.15) is 0 Å². The number of fused-ring (bicyclic) bond motifs is 1. The number of hydrogen-bond acceptors (Lipinski definition) is 7. The zero-order chi connectivity index (χ0) is 20.2. The van der Waals surface area contributed by atoms with Crippen molar-refractivity contribution in [1.82, 2.24) is 4.98 Å². The smallest absolute Gasteiger partial charge is 0.285 e. The minimum absolute atomic E-state index is 0.0777. The average molecular weight is 396 g/mol. The van der Waals surface area contributed by atoms with Crippen molar-refractivity contribution in [1.29, 1.82) is 0 Å². The van der Waals surface area contributed by atoms with Crippen LogP contribution < -0.4 is 15.8 Å². The van der Waals surface area contributed by atoms with E-state index in [0.29, 0.717) is 18.0 Å². The van der Waals surface area contributed by atoms with Crippen LogP contribution in [0.5, 0.6) is 5.75 Å². The Morgan fingerprint density at radius 3 is 2.76 bits per heavy atom. The van der Waals surface area contributed by atoms with E-state index < -0.39 is 34.1 Å². The number of carbonyl (C=O) groups excluding carboxylic acids is 1. The summed E-state index contributed by atoms with van der Waals surface area (Å²) in [5, 5.41) is 2.78. The fourth-order valence-corrected chi connectivity index (χ4v) is 5.32. The second kappa shape index (κ2) is 4.68. The molecule has 8 nitrogen and oxygen atoms in total. The molecule has 3 unspecified atom stereocenters. The van der Waals surface area contributed by atoms with Crippen molar-refractivity contribution in [2.45, 2.75) is 30.8 Å². The largest absolute Gasteiger partial charge is 0.486 e.